The zero-order chi connectivity index (χ0) is 27.2. The maximum atomic E-state index is 16.2. The van der Waals surface area contributed by atoms with E-state index in [1.807, 2.05) is 18.2 Å². The normalized spacial score (nSPS) is 37.4. The Bertz CT molecular complexity index is 1080. The summed E-state index contributed by atoms with van der Waals surface area (Å²) in [6.45, 7) is 11.5. The number of rotatable bonds is 7. The van der Waals surface area contributed by atoms with Crippen molar-refractivity contribution in [2.75, 3.05) is 0 Å². The zero-order valence-corrected chi connectivity index (χ0v) is 24.1. The van der Waals surface area contributed by atoms with Gasteiger partial charge in [-0.3, -0.25) is 4.79 Å². The largest absolute Gasteiger partial charge is 0.459 e. The number of hydrogen-bond acceptors (Lipinski definition) is 3. The standard InChI is InChI=1S/C34H47FO3/c1-21(2)10-9-11-22(3)27-20-29(36)31-30-26(15-17-34(27,31)5)33(4)16-14-25(18-24(33)19-28(30)35)38-32(37)23-12-7-6-8-13-23/h6-8,12-13,21-22,24-28H,9-11,14-20H2,1-5H3/t22-,24-,25+,26+,27-,28-,33+,34-/m1/s1. The van der Waals surface area contributed by atoms with Gasteiger partial charge in [-0.2, -0.15) is 0 Å². The lowest BCUT2D eigenvalue weighted by atomic mass is 9.48. The lowest BCUT2D eigenvalue weighted by molar-refractivity contribution is -0.115. The summed E-state index contributed by atoms with van der Waals surface area (Å²) in [5.41, 5.74) is 2.11. The summed E-state index contributed by atoms with van der Waals surface area (Å²) in [5, 5.41) is 0. The van der Waals surface area contributed by atoms with E-state index in [4.69, 9.17) is 4.74 Å². The van der Waals surface area contributed by atoms with Crippen LogP contribution in [0, 0.1) is 40.4 Å². The maximum Gasteiger partial charge on any atom is 0.338 e. The average Bonchev–Trinajstić information content (AvgIpc) is 3.15. The van der Waals surface area contributed by atoms with Gasteiger partial charge in [-0.15, -0.1) is 0 Å². The highest BCUT2D eigenvalue weighted by molar-refractivity contribution is 6.01. The summed E-state index contributed by atoms with van der Waals surface area (Å²) in [4.78, 5) is 26.3. The van der Waals surface area contributed by atoms with Crippen LogP contribution < -0.4 is 0 Å². The van der Waals surface area contributed by atoms with Gasteiger partial charge >= 0.3 is 5.97 Å². The molecule has 0 radical (unpaired) electrons. The van der Waals surface area contributed by atoms with Crippen LogP contribution in [0.3, 0.4) is 0 Å². The second-order valence-electron chi connectivity index (χ2n) is 13.9. The number of hydrogen-bond donors (Lipinski definition) is 0. The number of halogens is 1. The first kappa shape index (κ1) is 27.6. The second-order valence-corrected chi connectivity index (χ2v) is 13.9. The van der Waals surface area contributed by atoms with Gasteiger partial charge in [0.15, 0.2) is 5.78 Å². The Kier molecular flexibility index (Phi) is 7.66. The Morgan fingerprint density at radius 2 is 1.79 bits per heavy atom. The molecule has 3 fully saturated rings. The summed E-state index contributed by atoms with van der Waals surface area (Å²) >= 11 is 0. The van der Waals surface area contributed by atoms with Crippen LogP contribution in [0.4, 0.5) is 4.39 Å². The molecule has 0 aliphatic heterocycles. The van der Waals surface area contributed by atoms with Crippen LogP contribution in [0.15, 0.2) is 41.5 Å². The first-order valence-corrected chi connectivity index (χ1v) is 15.2. The fourth-order valence-electron chi connectivity index (χ4n) is 9.03. The molecule has 1 aromatic rings. The number of carbonyl (C=O) groups is 2. The number of esters is 1. The summed E-state index contributed by atoms with van der Waals surface area (Å²) in [6, 6.07) is 9.13. The molecule has 208 valence electrons. The number of benzene rings is 1. The second kappa shape index (κ2) is 10.5. The molecule has 0 heterocycles. The van der Waals surface area contributed by atoms with Crippen LogP contribution >= 0.6 is 0 Å². The highest BCUT2D eigenvalue weighted by atomic mass is 19.1. The predicted octanol–water partition coefficient (Wildman–Crippen LogP) is 8.52. The molecule has 0 amide bonds. The van der Waals surface area contributed by atoms with Crippen molar-refractivity contribution >= 4 is 11.8 Å². The third kappa shape index (κ3) is 4.79. The molecule has 4 aliphatic rings. The third-order valence-corrected chi connectivity index (χ3v) is 11.2. The van der Waals surface area contributed by atoms with Gasteiger partial charge in [-0.05, 0) is 96.7 Å². The van der Waals surface area contributed by atoms with E-state index in [1.165, 1.54) is 12.8 Å². The lowest BCUT2D eigenvalue weighted by Crippen LogP contribution is -2.52. The van der Waals surface area contributed by atoms with Gasteiger partial charge in [0.1, 0.15) is 12.3 Å². The summed E-state index contributed by atoms with van der Waals surface area (Å²) in [5.74, 6) is 1.76. The van der Waals surface area contributed by atoms with Gasteiger partial charge < -0.3 is 4.74 Å². The van der Waals surface area contributed by atoms with Crippen molar-refractivity contribution in [3.05, 3.63) is 47.0 Å². The highest BCUT2D eigenvalue weighted by Crippen LogP contribution is 2.65. The SMILES string of the molecule is CC(C)CCC[C@@H](C)[C@H]1CC(=O)C2=C3[C@H](F)C[C@H]4C[C@@H](OC(=O)c5ccccc5)CC[C@]4(C)[C@H]3CC[C@@]21C. The Morgan fingerprint density at radius 1 is 1.05 bits per heavy atom. The van der Waals surface area contributed by atoms with Crippen molar-refractivity contribution in [2.24, 2.45) is 40.4 Å². The van der Waals surface area contributed by atoms with Crippen LogP contribution in [-0.4, -0.2) is 24.0 Å². The maximum absolute atomic E-state index is 16.2. The Morgan fingerprint density at radius 3 is 2.50 bits per heavy atom. The lowest BCUT2D eigenvalue weighted by Gasteiger charge is -2.57. The molecule has 0 N–H and O–H groups in total. The molecule has 3 nitrogen and oxygen atoms in total. The Balaban J connectivity index is 1.34. The average molecular weight is 523 g/mol. The minimum atomic E-state index is -1.06. The van der Waals surface area contributed by atoms with Gasteiger partial charge in [0, 0.05) is 12.0 Å². The zero-order valence-electron chi connectivity index (χ0n) is 24.1. The monoisotopic (exact) mass is 522 g/mol. The fourth-order valence-corrected chi connectivity index (χ4v) is 9.03. The van der Waals surface area contributed by atoms with Crippen molar-refractivity contribution in [3.63, 3.8) is 0 Å². The molecule has 0 aromatic heterocycles. The Labute approximate surface area is 229 Å². The van der Waals surface area contributed by atoms with Crippen molar-refractivity contribution in [1.29, 1.82) is 0 Å². The molecule has 38 heavy (non-hydrogen) atoms. The van der Waals surface area contributed by atoms with E-state index in [1.54, 1.807) is 12.1 Å². The molecule has 1 aromatic carbocycles. The minimum absolute atomic E-state index is 0.0385. The van der Waals surface area contributed by atoms with Crippen LogP contribution in [-0.2, 0) is 9.53 Å². The number of ether oxygens (including phenoxy) is 1. The molecule has 4 heteroatoms. The van der Waals surface area contributed by atoms with E-state index in [9.17, 15) is 9.59 Å². The molecular weight excluding hydrogens is 475 g/mol. The topological polar surface area (TPSA) is 43.4 Å². The number of ketones is 1. The molecule has 0 unspecified atom stereocenters. The summed E-state index contributed by atoms with van der Waals surface area (Å²) in [7, 11) is 0. The van der Waals surface area contributed by atoms with Crippen molar-refractivity contribution in [3.8, 4) is 0 Å². The quantitative estimate of drug-likeness (QED) is 0.337. The molecule has 5 rings (SSSR count). The van der Waals surface area contributed by atoms with Crippen LogP contribution in [0.2, 0.25) is 0 Å². The molecular formula is C34H47FO3. The van der Waals surface area contributed by atoms with Crippen LogP contribution in [0.1, 0.15) is 109 Å². The third-order valence-electron chi connectivity index (χ3n) is 11.2. The molecule has 0 bridgehead atoms. The number of alkyl halides is 1. The van der Waals surface area contributed by atoms with Gasteiger partial charge in [0.05, 0.1) is 5.56 Å². The number of carbonyl (C=O) groups excluding carboxylic acids is 2. The van der Waals surface area contributed by atoms with E-state index >= 15 is 4.39 Å². The van der Waals surface area contributed by atoms with Crippen molar-refractivity contribution in [2.45, 2.75) is 111 Å². The van der Waals surface area contributed by atoms with E-state index < -0.39 is 6.17 Å². The van der Waals surface area contributed by atoms with Gasteiger partial charge in [-0.1, -0.05) is 72.1 Å². The van der Waals surface area contributed by atoms with Crippen molar-refractivity contribution in [1.82, 2.24) is 0 Å². The van der Waals surface area contributed by atoms with E-state index in [-0.39, 0.29) is 40.5 Å². The van der Waals surface area contributed by atoms with Gasteiger partial charge in [0.25, 0.3) is 0 Å². The van der Waals surface area contributed by atoms with Crippen LogP contribution in [0.5, 0.6) is 0 Å². The van der Waals surface area contributed by atoms with E-state index in [0.29, 0.717) is 36.2 Å². The molecule has 8 atom stereocenters. The minimum Gasteiger partial charge on any atom is -0.459 e. The van der Waals surface area contributed by atoms with Gasteiger partial charge in [-0.25, -0.2) is 9.18 Å². The number of fused-ring (bicyclic) bond motifs is 4. The number of allylic oxidation sites excluding steroid dienone is 2. The molecule has 0 spiro atoms. The van der Waals surface area contributed by atoms with E-state index in [2.05, 4.69) is 34.6 Å². The molecule has 4 aliphatic carbocycles. The first-order valence-electron chi connectivity index (χ1n) is 15.2. The predicted molar refractivity (Wildman–Crippen MR) is 149 cm³/mol. The van der Waals surface area contributed by atoms with E-state index in [0.717, 1.165) is 49.7 Å². The summed E-state index contributed by atoms with van der Waals surface area (Å²) in [6.07, 6.45) is 7.80. The van der Waals surface area contributed by atoms with Crippen molar-refractivity contribution < 1.29 is 18.7 Å². The smallest absolute Gasteiger partial charge is 0.338 e. The van der Waals surface area contributed by atoms with Gasteiger partial charge in [0.2, 0.25) is 0 Å². The number of Topliss-reactive ketones (excluding diaryl/α,β-unsaturated/α-hetero) is 1. The fraction of sp³-hybridized carbons (Fsp3) is 0.706. The van der Waals surface area contributed by atoms with Crippen LogP contribution in [0.25, 0.3) is 0 Å². The first-order chi connectivity index (χ1) is 18.0. The molecule has 0 saturated heterocycles. The highest BCUT2D eigenvalue weighted by Gasteiger charge is 2.60. The summed E-state index contributed by atoms with van der Waals surface area (Å²) < 4.78 is 22.1. The molecule has 3 saturated carbocycles. The Hall–Kier alpha value is -1.97.